The quantitative estimate of drug-likeness (QED) is 0.853. The van der Waals surface area contributed by atoms with Gasteiger partial charge in [0, 0.05) is 17.8 Å². The lowest BCUT2D eigenvalue weighted by Gasteiger charge is -2.17. The molecule has 3 rings (SSSR count). The second kappa shape index (κ2) is 6.19. The van der Waals surface area contributed by atoms with Gasteiger partial charge in [-0.25, -0.2) is 4.98 Å². The van der Waals surface area contributed by atoms with E-state index in [2.05, 4.69) is 15.6 Å². The molecule has 2 N–H and O–H groups in total. The van der Waals surface area contributed by atoms with E-state index in [9.17, 15) is 9.59 Å². The summed E-state index contributed by atoms with van der Waals surface area (Å²) in [6, 6.07) is 10.7. The lowest BCUT2D eigenvalue weighted by molar-refractivity contribution is 0.0945. The largest absolute Gasteiger partial charge is 0.352 e. The fourth-order valence-corrected chi connectivity index (χ4v) is 2.76. The minimum atomic E-state index is -0.254. The Kier molecular flexibility index (Phi) is 4.11. The predicted molar refractivity (Wildman–Crippen MR) is 86.5 cm³/mol. The zero-order chi connectivity index (χ0) is 15.5. The Labute approximate surface area is 132 Å². The van der Waals surface area contributed by atoms with Crippen molar-refractivity contribution in [3.8, 4) is 0 Å². The molecule has 5 nitrogen and oxygen atoms in total. The van der Waals surface area contributed by atoms with Crippen LogP contribution in [0.4, 0.5) is 5.69 Å². The van der Waals surface area contributed by atoms with E-state index in [4.69, 9.17) is 0 Å². The van der Waals surface area contributed by atoms with Gasteiger partial charge in [0.25, 0.3) is 11.8 Å². The molecule has 0 spiro atoms. The summed E-state index contributed by atoms with van der Waals surface area (Å²) >= 11 is 1.49. The first-order valence-electron chi connectivity index (χ1n) is 6.91. The highest BCUT2D eigenvalue weighted by Gasteiger charge is 2.17. The Hall–Kier alpha value is -2.34. The number of benzene rings is 1. The van der Waals surface area contributed by atoms with Gasteiger partial charge in [0.1, 0.15) is 5.69 Å². The topological polar surface area (TPSA) is 71.1 Å². The minimum Gasteiger partial charge on any atom is -0.352 e. The summed E-state index contributed by atoms with van der Waals surface area (Å²) < 4.78 is 0. The van der Waals surface area contributed by atoms with Crippen LogP contribution in [-0.2, 0) is 6.42 Å². The molecule has 1 aromatic heterocycles. The van der Waals surface area contributed by atoms with Crippen LogP contribution in [0.2, 0.25) is 0 Å². The first-order valence-corrected chi connectivity index (χ1v) is 8.13. The lowest BCUT2D eigenvalue weighted by Crippen LogP contribution is -2.31. The monoisotopic (exact) mass is 313 g/mol. The molecule has 0 saturated heterocycles. The van der Waals surface area contributed by atoms with Crippen molar-refractivity contribution in [2.45, 2.75) is 11.4 Å². The number of pyridine rings is 1. The van der Waals surface area contributed by atoms with E-state index in [1.165, 1.54) is 11.8 Å². The van der Waals surface area contributed by atoms with Crippen LogP contribution in [0.5, 0.6) is 0 Å². The molecule has 2 aromatic rings. The van der Waals surface area contributed by atoms with Crippen LogP contribution < -0.4 is 10.6 Å². The third-order valence-electron chi connectivity index (χ3n) is 3.45. The van der Waals surface area contributed by atoms with Crippen molar-refractivity contribution < 1.29 is 9.59 Å². The number of carbonyl (C=O) groups excluding carboxylic acids is 2. The van der Waals surface area contributed by atoms with Gasteiger partial charge in [0.05, 0.1) is 5.03 Å². The summed E-state index contributed by atoms with van der Waals surface area (Å²) in [5.74, 6) is -0.315. The van der Waals surface area contributed by atoms with Crippen LogP contribution in [0, 0.1) is 0 Å². The average molecular weight is 313 g/mol. The number of anilines is 1. The highest BCUT2D eigenvalue weighted by Crippen LogP contribution is 2.20. The SMILES string of the molecule is CSc1cccc(C(=O)Nc2ccc3c(c2)CCNC3=O)n1. The molecule has 0 bridgehead atoms. The van der Waals surface area contributed by atoms with E-state index < -0.39 is 0 Å². The standard InChI is InChI=1S/C16H15N3O2S/c1-22-14-4-2-3-13(19-14)16(21)18-11-5-6-12-10(9-11)7-8-17-15(12)20/h2-6,9H,7-8H2,1H3,(H,17,20)(H,18,21). The summed E-state index contributed by atoms with van der Waals surface area (Å²) in [5.41, 5.74) is 2.68. The van der Waals surface area contributed by atoms with Crippen molar-refractivity contribution in [2.24, 2.45) is 0 Å². The molecule has 0 fully saturated rings. The fraction of sp³-hybridized carbons (Fsp3) is 0.188. The highest BCUT2D eigenvalue weighted by atomic mass is 32.2. The van der Waals surface area contributed by atoms with E-state index in [0.29, 0.717) is 23.5 Å². The van der Waals surface area contributed by atoms with Crippen molar-refractivity contribution in [2.75, 3.05) is 18.1 Å². The highest BCUT2D eigenvalue weighted by molar-refractivity contribution is 7.98. The number of aromatic nitrogens is 1. The summed E-state index contributed by atoms with van der Waals surface area (Å²) in [6.07, 6.45) is 2.68. The zero-order valence-corrected chi connectivity index (χ0v) is 12.9. The zero-order valence-electron chi connectivity index (χ0n) is 12.1. The molecule has 0 aliphatic carbocycles. The van der Waals surface area contributed by atoms with E-state index in [1.54, 1.807) is 18.2 Å². The second-order valence-electron chi connectivity index (χ2n) is 4.90. The molecule has 0 unspecified atom stereocenters. The van der Waals surface area contributed by atoms with E-state index >= 15 is 0 Å². The molecule has 22 heavy (non-hydrogen) atoms. The Morgan fingerprint density at radius 2 is 2.18 bits per heavy atom. The van der Waals surface area contributed by atoms with Crippen LogP contribution in [0.1, 0.15) is 26.4 Å². The summed E-state index contributed by atoms with van der Waals surface area (Å²) in [4.78, 5) is 28.2. The number of amides is 2. The summed E-state index contributed by atoms with van der Waals surface area (Å²) in [7, 11) is 0. The number of hydrogen-bond acceptors (Lipinski definition) is 4. The van der Waals surface area contributed by atoms with Crippen LogP contribution in [0.15, 0.2) is 41.4 Å². The second-order valence-corrected chi connectivity index (χ2v) is 5.72. The maximum absolute atomic E-state index is 12.3. The normalized spacial score (nSPS) is 13.2. The number of fused-ring (bicyclic) bond motifs is 1. The number of carbonyl (C=O) groups is 2. The maximum atomic E-state index is 12.3. The van der Waals surface area contributed by atoms with Crippen LogP contribution in [0.25, 0.3) is 0 Å². The molecule has 1 aliphatic heterocycles. The maximum Gasteiger partial charge on any atom is 0.274 e. The number of nitrogens with one attached hydrogen (secondary N) is 2. The molecular formula is C16H15N3O2S. The molecule has 6 heteroatoms. The Bertz CT molecular complexity index is 746. The summed E-state index contributed by atoms with van der Waals surface area (Å²) in [6.45, 7) is 0.626. The Morgan fingerprint density at radius 1 is 1.32 bits per heavy atom. The van der Waals surface area contributed by atoms with Gasteiger partial charge in [-0.3, -0.25) is 9.59 Å². The molecule has 2 heterocycles. The average Bonchev–Trinajstić information content (AvgIpc) is 2.55. The Morgan fingerprint density at radius 3 is 3.00 bits per heavy atom. The van der Waals surface area contributed by atoms with Gasteiger partial charge in [0.15, 0.2) is 0 Å². The Balaban J connectivity index is 1.80. The van der Waals surface area contributed by atoms with Crippen molar-refractivity contribution in [3.63, 3.8) is 0 Å². The van der Waals surface area contributed by atoms with Gasteiger partial charge in [-0.1, -0.05) is 6.07 Å². The first-order chi connectivity index (χ1) is 10.7. The van der Waals surface area contributed by atoms with E-state index in [-0.39, 0.29) is 11.8 Å². The van der Waals surface area contributed by atoms with E-state index in [0.717, 1.165) is 17.0 Å². The van der Waals surface area contributed by atoms with Crippen molar-refractivity contribution in [3.05, 3.63) is 53.2 Å². The van der Waals surface area contributed by atoms with Gasteiger partial charge in [-0.15, -0.1) is 11.8 Å². The molecule has 2 amide bonds. The number of thioether (sulfide) groups is 1. The third-order valence-corrected chi connectivity index (χ3v) is 4.10. The van der Waals surface area contributed by atoms with Crippen LogP contribution >= 0.6 is 11.8 Å². The third kappa shape index (κ3) is 2.96. The smallest absolute Gasteiger partial charge is 0.274 e. The predicted octanol–water partition coefficient (Wildman–Crippen LogP) is 2.34. The minimum absolute atomic E-state index is 0.0616. The number of hydrogen-bond donors (Lipinski definition) is 2. The molecule has 0 saturated carbocycles. The molecule has 1 aliphatic rings. The molecule has 1 aromatic carbocycles. The van der Waals surface area contributed by atoms with Crippen molar-refractivity contribution >= 4 is 29.3 Å². The number of nitrogens with zero attached hydrogens (tertiary/aromatic N) is 1. The fourth-order valence-electron chi connectivity index (χ4n) is 2.36. The molecule has 0 radical (unpaired) electrons. The molecule has 112 valence electrons. The van der Waals surface area contributed by atoms with Crippen molar-refractivity contribution in [1.82, 2.24) is 10.3 Å². The van der Waals surface area contributed by atoms with Gasteiger partial charge in [-0.2, -0.15) is 0 Å². The first kappa shape index (κ1) is 14.6. The van der Waals surface area contributed by atoms with Crippen LogP contribution in [0.3, 0.4) is 0 Å². The van der Waals surface area contributed by atoms with Gasteiger partial charge in [0.2, 0.25) is 0 Å². The van der Waals surface area contributed by atoms with Gasteiger partial charge < -0.3 is 10.6 Å². The van der Waals surface area contributed by atoms with Gasteiger partial charge in [-0.05, 0) is 48.6 Å². The van der Waals surface area contributed by atoms with E-state index in [1.807, 2.05) is 24.5 Å². The lowest BCUT2D eigenvalue weighted by atomic mass is 10.00. The number of rotatable bonds is 3. The van der Waals surface area contributed by atoms with Crippen molar-refractivity contribution in [1.29, 1.82) is 0 Å². The van der Waals surface area contributed by atoms with Gasteiger partial charge >= 0.3 is 0 Å². The summed E-state index contributed by atoms with van der Waals surface area (Å²) in [5, 5.41) is 6.43. The molecular weight excluding hydrogens is 298 g/mol. The van der Waals surface area contributed by atoms with Crippen LogP contribution in [-0.4, -0.2) is 29.6 Å². The molecule has 0 atom stereocenters.